The molecule has 0 N–H and O–H groups in total. The average molecular weight is 522 g/mol. The highest BCUT2D eigenvalue weighted by Gasteiger charge is 2.13. The maximum atomic E-state index is 2.33. The van der Waals surface area contributed by atoms with Crippen molar-refractivity contribution in [2.45, 2.75) is 0 Å². The summed E-state index contributed by atoms with van der Waals surface area (Å²) < 4.78 is 0. The second kappa shape index (κ2) is 9.66. The minimum absolute atomic E-state index is 1.14. The zero-order chi connectivity index (χ0) is 27.2. The van der Waals surface area contributed by atoms with Crippen LogP contribution in [0, 0.1) is 0 Å². The molecule has 8 rings (SSSR count). The summed E-state index contributed by atoms with van der Waals surface area (Å²) in [4.78, 5) is 2.31. The molecule has 0 atom stereocenters. The molecule has 41 heavy (non-hydrogen) atoms. The summed E-state index contributed by atoms with van der Waals surface area (Å²) in [7, 11) is 0. The van der Waals surface area contributed by atoms with Crippen LogP contribution in [0.1, 0.15) is 0 Å². The topological polar surface area (TPSA) is 3.24 Å². The largest absolute Gasteiger partial charge is 0.310 e. The lowest BCUT2D eigenvalue weighted by molar-refractivity contribution is 1.29. The van der Waals surface area contributed by atoms with Crippen molar-refractivity contribution in [1.29, 1.82) is 0 Å². The molecule has 0 fully saturated rings. The molecule has 1 nitrogen and oxygen atoms in total. The molecule has 0 radical (unpaired) electrons. The zero-order valence-electron chi connectivity index (χ0n) is 22.5. The Bertz CT molecular complexity index is 2160. The average Bonchev–Trinajstić information content (AvgIpc) is 3.05. The van der Waals surface area contributed by atoms with Gasteiger partial charge >= 0.3 is 0 Å². The van der Waals surface area contributed by atoms with E-state index < -0.39 is 0 Å². The second-order valence-corrected chi connectivity index (χ2v) is 10.6. The van der Waals surface area contributed by atoms with E-state index in [1.165, 1.54) is 54.2 Å². The lowest BCUT2D eigenvalue weighted by Gasteiger charge is -2.25. The van der Waals surface area contributed by atoms with Gasteiger partial charge in [0.15, 0.2) is 0 Å². The van der Waals surface area contributed by atoms with Crippen LogP contribution in [0.15, 0.2) is 164 Å². The van der Waals surface area contributed by atoms with E-state index in [0.717, 1.165) is 17.1 Å². The van der Waals surface area contributed by atoms with Crippen LogP contribution < -0.4 is 4.90 Å². The summed E-state index contributed by atoms with van der Waals surface area (Å²) in [5.74, 6) is 0. The predicted octanol–water partition coefficient (Wildman–Crippen LogP) is 11.4. The van der Waals surface area contributed by atoms with Gasteiger partial charge in [-0.3, -0.25) is 0 Å². The molecule has 0 aliphatic heterocycles. The van der Waals surface area contributed by atoms with Gasteiger partial charge in [0.1, 0.15) is 0 Å². The molecule has 0 unspecified atom stereocenters. The third-order valence-electron chi connectivity index (χ3n) is 8.21. The predicted molar refractivity (Wildman–Crippen MR) is 177 cm³/mol. The Labute approximate surface area is 239 Å². The van der Waals surface area contributed by atoms with Gasteiger partial charge in [0, 0.05) is 17.1 Å². The third-order valence-corrected chi connectivity index (χ3v) is 8.21. The van der Waals surface area contributed by atoms with Crippen LogP contribution in [-0.4, -0.2) is 0 Å². The summed E-state index contributed by atoms with van der Waals surface area (Å²) in [6.07, 6.45) is 0. The number of benzene rings is 8. The van der Waals surface area contributed by atoms with Crippen molar-refractivity contribution in [3.63, 3.8) is 0 Å². The van der Waals surface area contributed by atoms with Gasteiger partial charge in [-0.15, -0.1) is 0 Å². The molecule has 0 saturated heterocycles. The van der Waals surface area contributed by atoms with Crippen LogP contribution >= 0.6 is 0 Å². The molecule has 8 aromatic rings. The Morgan fingerprint density at radius 2 is 0.854 bits per heavy atom. The maximum absolute atomic E-state index is 2.33. The minimum Gasteiger partial charge on any atom is -0.310 e. The van der Waals surface area contributed by atoms with Crippen molar-refractivity contribution < 1.29 is 0 Å². The Hall–Kier alpha value is -5.40. The maximum Gasteiger partial charge on any atom is 0.0468 e. The van der Waals surface area contributed by atoms with Crippen LogP contribution in [0.2, 0.25) is 0 Å². The first-order valence-corrected chi connectivity index (χ1v) is 14.1. The molecule has 1 heteroatoms. The molecule has 0 amide bonds. The van der Waals surface area contributed by atoms with E-state index in [2.05, 4.69) is 169 Å². The molecule has 0 heterocycles. The van der Waals surface area contributed by atoms with Gasteiger partial charge in [0.2, 0.25) is 0 Å². The molecule has 0 saturated carbocycles. The van der Waals surface area contributed by atoms with Crippen LogP contribution in [0.3, 0.4) is 0 Å². The molecule has 192 valence electrons. The number of rotatable bonds is 4. The number of para-hydroxylation sites is 2. The van der Waals surface area contributed by atoms with Crippen LogP contribution in [0.4, 0.5) is 17.1 Å². The standard InChI is InChI=1S/C40H27N/c1-3-11-32(12-4-1)41(33-13-5-2-6-14-33)34-22-20-29-26-31(19-18-30(29)27-34)36-16-9-17-37-39(36)25-24-38-35-15-8-7-10-28(35)21-23-40(37)38/h1-27H. The van der Waals surface area contributed by atoms with Gasteiger partial charge in [-0.2, -0.15) is 0 Å². The molecule has 0 aromatic heterocycles. The first-order chi connectivity index (χ1) is 20.3. The highest BCUT2D eigenvalue weighted by Crippen LogP contribution is 2.39. The Balaban J connectivity index is 1.24. The van der Waals surface area contributed by atoms with E-state index >= 15 is 0 Å². The van der Waals surface area contributed by atoms with Gasteiger partial charge < -0.3 is 4.90 Å². The van der Waals surface area contributed by atoms with E-state index in [4.69, 9.17) is 0 Å². The van der Waals surface area contributed by atoms with Gasteiger partial charge in [-0.05, 0) is 96.7 Å². The quantitative estimate of drug-likeness (QED) is 0.208. The van der Waals surface area contributed by atoms with Crippen molar-refractivity contribution in [3.8, 4) is 11.1 Å². The zero-order valence-corrected chi connectivity index (χ0v) is 22.5. The highest BCUT2D eigenvalue weighted by atomic mass is 15.1. The van der Waals surface area contributed by atoms with E-state index in [0.29, 0.717) is 0 Å². The monoisotopic (exact) mass is 521 g/mol. The van der Waals surface area contributed by atoms with Gasteiger partial charge in [0.25, 0.3) is 0 Å². The lowest BCUT2D eigenvalue weighted by atomic mass is 9.92. The number of hydrogen-bond acceptors (Lipinski definition) is 1. The molecular weight excluding hydrogens is 494 g/mol. The summed E-state index contributed by atoms with van der Waals surface area (Å²) >= 11 is 0. The van der Waals surface area contributed by atoms with Crippen LogP contribution in [-0.2, 0) is 0 Å². The van der Waals surface area contributed by atoms with Crippen molar-refractivity contribution in [3.05, 3.63) is 164 Å². The molecule has 8 aromatic carbocycles. The SMILES string of the molecule is c1ccc(N(c2ccccc2)c2ccc3cc(-c4cccc5c4ccc4c6ccccc6ccc54)ccc3c2)cc1. The Morgan fingerprint density at radius 3 is 1.66 bits per heavy atom. The number of anilines is 3. The molecule has 0 bridgehead atoms. The lowest BCUT2D eigenvalue weighted by Crippen LogP contribution is -2.09. The minimum atomic E-state index is 1.14. The first-order valence-electron chi connectivity index (χ1n) is 14.1. The third kappa shape index (κ3) is 4.02. The first kappa shape index (κ1) is 23.5. The van der Waals surface area contributed by atoms with Crippen LogP contribution in [0.5, 0.6) is 0 Å². The molecule has 0 aliphatic rings. The second-order valence-electron chi connectivity index (χ2n) is 10.6. The fraction of sp³-hybridized carbons (Fsp3) is 0. The molecule has 0 aliphatic carbocycles. The highest BCUT2D eigenvalue weighted by molar-refractivity contribution is 6.19. The number of fused-ring (bicyclic) bond motifs is 6. The van der Waals surface area contributed by atoms with Crippen LogP contribution in [0.25, 0.3) is 54.2 Å². The van der Waals surface area contributed by atoms with Crippen molar-refractivity contribution >= 4 is 60.2 Å². The van der Waals surface area contributed by atoms with Crippen molar-refractivity contribution in [2.24, 2.45) is 0 Å². The van der Waals surface area contributed by atoms with Gasteiger partial charge in [0.05, 0.1) is 0 Å². The number of nitrogens with zero attached hydrogens (tertiary/aromatic N) is 1. The fourth-order valence-corrected chi connectivity index (χ4v) is 6.25. The van der Waals surface area contributed by atoms with E-state index in [1.807, 2.05) is 0 Å². The summed E-state index contributed by atoms with van der Waals surface area (Å²) in [6, 6.07) is 59.2. The van der Waals surface area contributed by atoms with Crippen molar-refractivity contribution in [2.75, 3.05) is 4.90 Å². The van der Waals surface area contributed by atoms with E-state index in [1.54, 1.807) is 0 Å². The Morgan fingerprint density at radius 1 is 0.293 bits per heavy atom. The fourth-order valence-electron chi connectivity index (χ4n) is 6.25. The van der Waals surface area contributed by atoms with E-state index in [9.17, 15) is 0 Å². The van der Waals surface area contributed by atoms with Gasteiger partial charge in [-0.1, -0.05) is 121 Å². The molecule has 0 spiro atoms. The summed E-state index contributed by atoms with van der Waals surface area (Å²) in [5, 5.41) is 10.2. The van der Waals surface area contributed by atoms with Crippen molar-refractivity contribution in [1.82, 2.24) is 0 Å². The Kier molecular flexibility index (Phi) is 5.53. The summed E-state index contributed by atoms with van der Waals surface area (Å²) in [6.45, 7) is 0. The molecular formula is C40H27N. The van der Waals surface area contributed by atoms with Gasteiger partial charge in [-0.25, -0.2) is 0 Å². The number of hydrogen-bond donors (Lipinski definition) is 0. The smallest absolute Gasteiger partial charge is 0.0468 e. The summed E-state index contributed by atoms with van der Waals surface area (Å²) in [5.41, 5.74) is 5.93. The van der Waals surface area contributed by atoms with E-state index in [-0.39, 0.29) is 0 Å². The normalized spacial score (nSPS) is 11.4.